The van der Waals surface area contributed by atoms with Gasteiger partial charge in [-0.05, 0) is 66.6 Å². The fraction of sp³-hybridized carbons (Fsp3) is 0.333. The monoisotopic (exact) mass is 267 g/mol. The largest absolute Gasteiger partial charge is 0.489 e. The van der Waals surface area contributed by atoms with Crippen molar-refractivity contribution in [3.8, 4) is 5.75 Å². The number of aryl methyl sites for hydroxylation is 2. The first-order chi connectivity index (χ1) is 9.86. The third-order valence-corrected chi connectivity index (χ3v) is 4.00. The van der Waals surface area contributed by atoms with Crippen molar-refractivity contribution in [3.05, 3.63) is 64.7 Å². The first-order valence-electron chi connectivity index (χ1n) is 7.38. The molecule has 2 N–H and O–H groups in total. The molecule has 0 heterocycles. The van der Waals surface area contributed by atoms with Crippen LogP contribution in [0, 0.1) is 0 Å². The average molecular weight is 267 g/mol. The zero-order valence-corrected chi connectivity index (χ0v) is 11.8. The van der Waals surface area contributed by atoms with Gasteiger partial charge in [0.15, 0.2) is 0 Å². The third kappa shape index (κ3) is 2.86. The minimum atomic E-state index is 0.620. The maximum absolute atomic E-state index is 5.96. The second-order valence-electron chi connectivity index (χ2n) is 5.38. The van der Waals surface area contributed by atoms with Gasteiger partial charge in [-0.3, -0.25) is 0 Å². The Hall–Kier alpha value is -1.80. The molecule has 0 unspecified atom stereocenters. The lowest BCUT2D eigenvalue weighted by molar-refractivity contribution is 0.304. The van der Waals surface area contributed by atoms with Crippen molar-refractivity contribution < 1.29 is 4.74 Å². The number of rotatable bonds is 5. The minimum Gasteiger partial charge on any atom is -0.489 e. The smallest absolute Gasteiger partial charge is 0.120 e. The molecule has 0 radical (unpaired) electrons. The molecule has 0 amide bonds. The highest BCUT2D eigenvalue weighted by Gasteiger charge is 2.11. The van der Waals surface area contributed by atoms with Crippen molar-refractivity contribution in [3.63, 3.8) is 0 Å². The van der Waals surface area contributed by atoms with Gasteiger partial charge in [0.2, 0.25) is 0 Å². The zero-order chi connectivity index (χ0) is 13.8. The summed E-state index contributed by atoms with van der Waals surface area (Å²) in [4.78, 5) is 0. The van der Waals surface area contributed by atoms with Gasteiger partial charge < -0.3 is 10.5 Å². The topological polar surface area (TPSA) is 35.2 Å². The van der Waals surface area contributed by atoms with E-state index in [2.05, 4.69) is 42.5 Å². The highest BCUT2D eigenvalue weighted by atomic mass is 16.5. The van der Waals surface area contributed by atoms with Gasteiger partial charge in [0, 0.05) is 0 Å². The van der Waals surface area contributed by atoms with E-state index in [-0.39, 0.29) is 0 Å². The number of benzene rings is 2. The zero-order valence-electron chi connectivity index (χ0n) is 11.8. The quantitative estimate of drug-likeness (QED) is 0.902. The summed E-state index contributed by atoms with van der Waals surface area (Å²) in [7, 11) is 0. The van der Waals surface area contributed by atoms with Crippen LogP contribution in [0.4, 0.5) is 0 Å². The molecule has 0 aliphatic heterocycles. The van der Waals surface area contributed by atoms with Crippen LogP contribution in [0.1, 0.15) is 28.7 Å². The molecule has 0 saturated carbocycles. The summed E-state index contributed by atoms with van der Waals surface area (Å²) in [5.41, 5.74) is 11.1. The van der Waals surface area contributed by atoms with Crippen LogP contribution in [0.2, 0.25) is 0 Å². The molecule has 0 aromatic heterocycles. The molecule has 0 bridgehead atoms. The van der Waals surface area contributed by atoms with E-state index in [1.165, 1.54) is 41.5 Å². The van der Waals surface area contributed by atoms with Gasteiger partial charge in [-0.1, -0.05) is 30.3 Å². The lowest BCUT2D eigenvalue weighted by Gasteiger charge is -2.11. The molecule has 2 nitrogen and oxygen atoms in total. The molecule has 0 fully saturated rings. The number of fused-ring (bicyclic) bond motifs is 1. The van der Waals surface area contributed by atoms with Crippen molar-refractivity contribution in [1.82, 2.24) is 0 Å². The van der Waals surface area contributed by atoms with E-state index in [1.807, 2.05) is 0 Å². The van der Waals surface area contributed by atoms with Gasteiger partial charge in [0.05, 0.1) is 0 Å². The van der Waals surface area contributed by atoms with E-state index in [0.29, 0.717) is 13.2 Å². The normalized spacial score (nSPS) is 13.2. The van der Waals surface area contributed by atoms with Crippen molar-refractivity contribution >= 4 is 0 Å². The van der Waals surface area contributed by atoms with Crippen molar-refractivity contribution in [1.29, 1.82) is 0 Å². The number of nitrogens with two attached hydrogens (primary N) is 1. The van der Waals surface area contributed by atoms with Crippen LogP contribution >= 0.6 is 0 Å². The Morgan fingerprint density at radius 2 is 1.75 bits per heavy atom. The molecule has 104 valence electrons. The van der Waals surface area contributed by atoms with Crippen LogP contribution in [0.5, 0.6) is 5.75 Å². The van der Waals surface area contributed by atoms with Gasteiger partial charge in [-0.25, -0.2) is 0 Å². The lowest BCUT2D eigenvalue weighted by atomic mass is 10.1. The molecule has 2 heteroatoms. The summed E-state index contributed by atoms with van der Waals surface area (Å²) in [6.45, 7) is 1.30. The molecule has 3 rings (SSSR count). The summed E-state index contributed by atoms with van der Waals surface area (Å²) < 4.78 is 5.96. The SMILES string of the molecule is NCCc1ccccc1COc1ccc2c(c1)CCC2. The Balaban J connectivity index is 1.70. The predicted octanol–water partition coefficient (Wildman–Crippen LogP) is 3.26. The summed E-state index contributed by atoms with van der Waals surface area (Å²) in [5, 5.41) is 0. The van der Waals surface area contributed by atoms with Crippen LogP contribution in [0.25, 0.3) is 0 Å². The Morgan fingerprint density at radius 3 is 2.60 bits per heavy atom. The third-order valence-electron chi connectivity index (χ3n) is 4.00. The fourth-order valence-electron chi connectivity index (χ4n) is 2.90. The second-order valence-corrected chi connectivity index (χ2v) is 5.38. The van der Waals surface area contributed by atoms with E-state index < -0.39 is 0 Å². The predicted molar refractivity (Wildman–Crippen MR) is 82.0 cm³/mol. The molecule has 1 aliphatic carbocycles. The van der Waals surface area contributed by atoms with E-state index >= 15 is 0 Å². The first-order valence-corrected chi connectivity index (χ1v) is 7.38. The molecule has 0 atom stereocenters. The number of hydrogen-bond donors (Lipinski definition) is 1. The molecular weight excluding hydrogens is 246 g/mol. The van der Waals surface area contributed by atoms with Gasteiger partial charge in [0.25, 0.3) is 0 Å². The van der Waals surface area contributed by atoms with E-state index in [0.717, 1.165) is 12.2 Å². The summed E-state index contributed by atoms with van der Waals surface area (Å²) in [6.07, 6.45) is 4.59. The van der Waals surface area contributed by atoms with Crippen LogP contribution < -0.4 is 10.5 Å². The highest BCUT2D eigenvalue weighted by molar-refractivity contribution is 5.38. The molecule has 2 aromatic carbocycles. The molecule has 0 spiro atoms. The number of ether oxygens (including phenoxy) is 1. The Kier molecular flexibility index (Phi) is 4.03. The fourth-order valence-corrected chi connectivity index (χ4v) is 2.90. The van der Waals surface area contributed by atoms with Crippen LogP contribution in [-0.4, -0.2) is 6.54 Å². The Morgan fingerprint density at radius 1 is 0.950 bits per heavy atom. The number of hydrogen-bond acceptors (Lipinski definition) is 2. The average Bonchev–Trinajstić information content (AvgIpc) is 2.94. The molecule has 1 aliphatic rings. The van der Waals surface area contributed by atoms with Crippen molar-refractivity contribution in [2.45, 2.75) is 32.3 Å². The van der Waals surface area contributed by atoms with E-state index in [1.54, 1.807) is 0 Å². The molecule has 0 saturated heterocycles. The van der Waals surface area contributed by atoms with Crippen LogP contribution in [-0.2, 0) is 25.9 Å². The first kappa shape index (κ1) is 13.2. The second kappa shape index (κ2) is 6.10. The highest BCUT2D eigenvalue weighted by Crippen LogP contribution is 2.26. The van der Waals surface area contributed by atoms with Crippen LogP contribution in [0.3, 0.4) is 0 Å². The summed E-state index contributed by atoms with van der Waals surface area (Å²) in [6, 6.07) is 14.9. The summed E-state index contributed by atoms with van der Waals surface area (Å²) >= 11 is 0. The molecule has 2 aromatic rings. The summed E-state index contributed by atoms with van der Waals surface area (Å²) in [5.74, 6) is 0.980. The lowest BCUT2D eigenvalue weighted by Crippen LogP contribution is -2.07. The minimum absolute atomic E-state index is 0.620. The maximum atomic E-state index is 5.96. The Bertz CT molecular complexity index is 592. The maximum Gasteiger partial charge on any atom is 0.120 e. The van der Waals surface area contributed by atoms with Crippen molar-refractivity contribution in [2.24, 2.45) is 5.73 Å². The van der Waals surface area contributed by atoms with Gasteiger partial charge in [-0.15, -0.1) is 0 Å². The van der Waals surface area contributed by atoms with Gasteiger partial charge in [0.1, 0.15) is 12.4 Å². The molecular formula is C18H21NO. The van der Waals surface area contributed by atoms with E-state index in [9.17, 15) is 0 Å². The van der Waals surface area contributed by atoms with E-state index in [4.69, 9.17) is 10.5 Å². The van der Waals surface area contributed by atoms with Gasteiger partial charge in [-0.2, -0.15) is 0 Å². The molecule has 20 heavy (non-hydrogen) atoms. The van der Waals surface area contributed by atoms with Gasteiger partial charge >= 0.3 is 0 Å². The van der Waals surface area contributed by atoms with Crippen molar-refractivity contribution in [2.75, 3.05) is 6.54 Å². The van der Waals surface area contributed by atoms with Crippen LogP contribution in [0.15, 0.2) is 42.5 Å². The Labute approximate surface area is 120 Å². The standard InChI is InChI=1S/C18H21NO/c19-11-10-15-4-1-2-5-17(15)13-20-18-9-8-14-6-3-7-16(14)12-18/h1-2,4-5,8-9,12H,3,6-7,10-11,13,19H2.